The highest BCUT2D eigenvalue weighted by molar-refractivity contribution is 5.77. The van der Waals surface area contributed by atoms with E-state index in [2.05, 4.69) is 34.7 Å². The smallest absolute Gasteiger partial charge is 0.318 e. The van der Waals surface area contributed by atoms with Crippen LogP contribution in [0, 0.1) is 6.92 Å². The predicted octanol–water partition coefficient (Wildman–Crippen LogP) is 3.90. The molecule has 3 heterocycles. The average Bonchev–Trinajstić information content (AvgIpc) is 2.99. The van der Waals surface area contributed by atoms with E-state index in [-0.39, 0.29) is 12.1 Å². The van der Waals surface area contributed by atoms with Crippen LogP contribution < -0.4 is 10.6 Å². The van der Waals surface area contributed by atoms with Crippen molar-refractivity contribution in [2.24, 2.45) is 0 Å². The summed E-state index contributed by atoms with van der Waals surface area (Å²) >= 11 is 0. The predicted molar refractivity (Wildman–Crippen MR) is 116 cm³/mol. The quantitative estimate of drug-likeness (QED) is 0.801. The molecule has 2 N–H and O–H groups in total. The lowest BCUT2D eigenvalue weighted by Gasteiger charge is -2.33. The summed E-state index contributed by atoms with van der Waals surface area (Å²) in [6.45, 7) is 10.2. The Labute approximate surface area is 178 Å². The molecule has 1 atom stereocenters. The first-order chi connectivity index (χ1) is 14.3. The van der Waals surface area contributed by atoms with Crippen molar-refractivity contribution in [3.8, 4) is 0 Å². The topological polar surface area (TPSA) is 79.4 Å². The van der Waals surface area contributed by atoms with Crippen LogP contribution in [0.1, 0.15) is 62.0 Å². The molecular weight excluding hydrogens is 378 g/mol. The summed E-state index contributed by atoms with van der Waals surface area (Å²) in [7, 11) is 0. The number of amides is 2. The molecule has 1 fully saturated rings. The zero-order valence-electron chi connectivity index (χ0n) is 18.2. The van der Waals surface area contributed by atoms with Gasteiger partial charge in [0.1, 0.15) is 0 Å². The zero-order chi connectivity index (χ0) is 21.3. The lowest BCUT2D eigenvalue weighted by molar-refractivity contribution is 0.0903. The second kappa shape index (κ2) is 8.22. The van der Waals surface area contributed by atoms with Crippen LogP contribution in [0.15, 0.2) is 30.5 Å². The van der Waals surface area contributed by atoms with Crippen LogP contribution >= 0.6 is 0 Å². The summed E-state index contributed by atoms with van der Waals surface area (Å²) < 4.78 is 5.42. The first-order valence-corrected chi connectivity index (χ1v) is 10.7. The van der Waals surface area contributed by atoms with Gasteiger partial charge in [-0.1, -0.05) is 29.8 Å². The van der Waals surface area contributed by atoms with Crippen molar-refractivity contribution < 1.29 is 9.53 Å². The number of nitrogens with zero attached hydrogens (tertiary/aromatic N) is 3. The van der Waals surface area contributed by atoms with Crippen LogP contribution in [0.25, 0.3) is 0 Å². The zero-order valence-corrected chi connectivity index (χ0v) is 18.2. The standard InChI is InChI=1S/C23H31N5O2/c1-15-6-5-7-17(12-15)16(2)25-22(29)28-14-20-19(23(28,3)4)13-24-21(27-20)26-18-8-10-30-11-9-18/h5-7,12-13,16,18H,8-11,14H2,1-4H3,(H,25,29)(H,24,26,27)/t16-/m1/s1. The van der Waals surface area contributed by atoms with Crippen LogP contribution in [-0.4, -0.2) is 40.2 Å². The van der Waals surface area contributed by atoms with Crippen LogP contribution in [-0.2, 0) is 16.8 Å². The third kappa shape index (κ3) is 4.12. The van der Waals surface area contributed by atoms with Gasteiger partial charge in [0, 0.05) is 31.0 Å². The SMILES string of the molecule is Cc1cccc([C@@H](C)NC(=O)N2Cc3nc(NC4CCOCC4)ncc3C2(C)C)c1. The second-order valence-electron chi connectivity index (χ2n) is 8.82. The maximum absolute atomic E-state index is 13.1. The van der Waals surface area contributed by atoms with E-state index in [0.717, 1.165) is 42.9 Å². The Morgan fingerprint density at radius 3 is 2.80 bits per heavy atom. The summed E-state index contributed by atoms with van der Waals surface area (Å²) in [5.41, 5.74) is 3.72. The molecule has 160 valence electrons. The number of carbonyl (C=O) groups excluding carboxylic acids is 1. The lowest BCUT2D eigenvalue weighted by Crippen LogP contribution is -2.46. The van der Waals surface area contributed by atoms with Gasteiger partial charge in [-0.2, -0.15) is 0 Å². The van der Waals surface area contributed by atoms with Crippen molar-refractivity contribution in [3.63, 3.8) is 0 Å². The lowest BCUT2D eigenvalue weighted by atomic mass is 9.97. The Balaban J connectivity index is 1.46. The van der Waals surface area contributed by atoms with E-state index in [1.54, 1.807) is 0 Å². The highest BCUT2D eigenvalue weighted by atomic mass is 16.5. The van der Waals surface area contributed by atoms with Crippen molar-refractivity contribution in [1.29, 1.82) is 0 Å². The minimum atomic E-state index is -0.469. The number of anilines is 1. The fraction of sp³-hybridized carbons (Fsp3) is 0.522. The molecule has 0 bridgehead atoms. The molecule has 7 heteroatoms. The number of hydrogen-bond acceptors (Lipinski definition) is 5. The van der Waals surface area contributed by atoms with Gasteiger partial charge < -0.3 is 20.3 Å². The molecule has 2 amide bonds. The minimum absolute atomic E-state index is 0.0752. The van der Waals surface area contributed by atoms with Crippen LogP contribution in [0.2, 0.25) is 0 Å². The monoisotopic (exact) mass is 409 g/mol. The average molecular weight is 410 g/mol. The molecule has 2 aliphatic heterocycles. The van der Waals surface area contributed by atoms with Crippen LogP contribution in [0.3, 0.4) is 0 Å². The van der Waals surface area contributed by atoms with Gasteiger partial charge >= 0.3 is 6.03 Å². The molecule has 0 radical (unpaired) electrons. The minimum Gasteiger partial charge on any atom is -0.381 e. The van der Waals surface area contributed by atoms with E-state index in [0.29, 0.717) is 18.5 Å². The highest BCUT2D eigenvalue weighted by Crippen LogP contribution is 2.38. The molecule has 1 saturated heterocycles. The number of benzene rings is 1. The fourth-order valence-corrected chi connectivity index (χ4v) is 4.25. The van der Waals surface area contributed by atoms with Gasteiger partial charge in [-0.25, -0.2) is 14.8 Å². The maximum Gasteiger partial charge on any atom is 0.318 e. The summed E-state index contributed by atoms with van der Waals surface area (Å²) in [6, 6.07) is 8.39. The van der Waals surface area contributed by atoms with Gasteiger partial charge in [-0.3, -0.25) is 0 Å². The van der Waals surface area contributed by atoms with Gasteiger partial charge in [0.25, 0.3) is 0 Å². The molecule has 0 aliphatic carbocycles. The van der Waals surface area contributed by atoms with Crippen molar-refractivity contribution in [2.75, 3.05) is 18.5 Å². The van der Waals surface area contributed by atoms with E-state index in [4.69, 9.17) is 9.72 Å². The summed E-state index contributed by atoms with van der Waals surface area (Å²) in [6.07, 6.45) is 3.77. The molecule has 0 saturated carbocycles. The third-order valence-corrected chi connectivity index (χ3v) is 6.19. The number of ether oxygens (including phenoxy) is 1. The second-order valence-corrected chi connectivity index (χ2v) is 8.82. The number of fused-ring (bicyclic) bond motifs is 1. The molecule has 2 aliphatic rings. The normalized spacial score (nSPS) is 19.3. The van der Waals surface area contributed by atoms with Gasteiger partial charge in [0.2, 0.25) is 5.95 Å². The number of urea groups is 1. The first-order valence-electron chi connectivity index (χ1n) is 10.7. The molecule has 0 spiro atoms. The van der Waals surface area contributed by atoms with Gasteiger partial charge in [0.05, 0.1) is 23.8 Å². The third-order valence-electron chi connectivity index (χ3n) is 6.19. The van der Waals surface area contributed by atoms with Crippen molar-refractivity contribution in [2.45, 2.75) is 64.7 Å². The molecule has 1 aromatic heterocycles. The molecule has 30 heavy (non-hydrogen) atoms. The Morgan fingerprint density at radius 2 is 2.07 bits per heavy atom. The molecule has 7 nitrogen and oxygen atoms in total. The Hall–Kier alpha value is -2.67. The highest BCUT2D eigenvalue weighted by Gasteiger charge is 2.42. The van der Waals surface area contributed by atoms with Gasteiger partial charge in [0.15, 0.2) is 0 Å². The number of hydrogen-bond donors (Lipinski definition) is 2. The largest absolute Gasteiger partial charge is 0.381 e. The van der Waals surface area contributed by atoms with Crippen molar-refractivity contribution in [1.82, 2.24) is 20.2 Å². The Morgan fingerprint density at radius 1 is 1.30 bits per heavy atom. The van der Waals surface area contributed by atoms with Gasteiger partial charge in [-0.05, 0) is 46.1 Å². The van der Waals surface area contributed by atoms with Gasteiger partial charge in [-0.15, -0.1) is 0 Å². The van der Waals surface area contributed by atoms with Crippen molar-refractivity contribution in [3.05, 3.63) is 52.8 Å². The fourth-order valence-electron chi connectivity index (χ4n) is 4.25. The number of aryl methyl sites for hydroxylation is 1. The van der Waals surface area contributed by atoms with E-state index < -0.39 is 5.54 Å². The van der Waals surface area contributed by atoms with E-state index in [1.807, 2.05) is 44.0 Å². The summed E-state index contributed by atoms with van der Waals surface area (Å²) in [4.78, 5) is 24.3. The van der Waals surface area contributed by atoms with Crippen LogP contribution in [0.5, 0.6) is 0 Å². The number of carbonyl (C=O) groups is 1. The number of rotatable bonds is 4. The van der Waals surface area contributed by atoms with E-state index >= 15 is 0 Å². The van der Waals surface area contributed by atoms with Crippen molar-refractivity contribution >= 4 is 12.0 Å². The summed E-state index contributed by atoms with van der Waals surface area (Å²) in [5, 5.41) is 6.57. The first kappa shape index (κ1) is 20.6. The van der Waals surface area contributed by atoms with E-state index in [1.165, 1.54) is 5.56 Å². The number of aromatic nitrogens is 2. The molecule has 4 rings (SSSR count). The van der Waals surface area contributed by atoms with Crippen LogP contribution in [0.4, 0.5) is 10.7 Å². The molecule has 1 aromatic carbocycles. The Kier molecular flexibility index (Phi) is 5.64. The van der Waals surface area contributed by atoms with E-state index in [9.17, 15) is 4.79 Å². The molecule has 0 unspecified atom stereocenters. The maximum atomic E-state index is 13.1. The molecule has 2 aromatic rings. The number of nitrogens with one attached hydrogen (secondary N) is 2. The summed E-state index contributed by atoms with van der Waals surface area (Å²) in [5.74, 6) is 0.631. The molecular formula is C23H31N5O2. The Bertz CT molecular complexity index is 924.